The second kappa shape index (κ2) is 9.20. The molecule has 2 aliphatic carbocycles. The lowest BCUT2D eigenvalue weighted by Crippen LogP contribution is -2.51. The van der Waals surface area contributed by atoms with Crippen molar-refractivity contribution in [2.24, 2.45) is 0 Å². The van der Waals surface area contributed by atoms with Gasteiger partial charge in [-0.3, -0.25) is 5.10 Å². The number of hydrogen-bond donors (Lipinski definition) is 3. The number of H-pyrrole nitrogens is 1. The van der Waals surface area contributed by atoms with Crippen LogP contribution in [0.5, 0.6) is 0 Å². The Balaban J connectivity index is 1.01. The molecule has 35 heavy (non-hydrogen) atoms. The lowest BCUT2D eigenvalue weighted by molar-refractivity contribution is 0.177. The van der Waals surface area contributed by atoms with Crippen molar-refractivity contribution < 1.29 is 4.79 Å². The predicted molar refractivity (Wildman–Crippen MR) is 135 cm³/mol. The van der Waals surface area contributed by atoms with Gasteiger partial charge in [0.15, 0.2) is 5.82 Å². The number of benzene rings is 1. The topological polar surface area (TPSA) is 102 Å². The summed E-state index contributed by atoms with van der Waals surface area (Å²) in [5.74, 6) is 2.82. The van der Waals surface area contributed by atoms with Crippen LogP contribution in [-0.2, 0) is 12.8 Å². The molecule has 1 saturated heterocycles. The van der Waals surface area contributed by atoms with E-state index >= 15 is 0 Å². The first-order valence-corrected chi connectivity index (χ1v) is 12.6. The van der Waals surface area contributed by atoms with E-state index < -0.39 is 0 Å². The number of hydrogen-bond acceptors (Lipinski definition) is 6. The third-order valence-corrected chi connectivity index (χ3v) is 7.51. The first-order valence-electron chi connectivity index (χ1n) is 12.6. The molecule has 1 aromatic carbocycles. The number of carbonyl (C=O) groups is 1. The fourth-order valence-corrected chi connectivity index (χ4v) is 5.27. The van der Waals surface area contributed by atoms with Gasteiger partial charge >= 0.3 is 6.03 Å². The van der Waals surface area contributed by atoms with Crippen LogP contribution in [0.2, 0.25) is 0 Å². The third-order valence-electron chi connectivity index (χ3n) is 7.51. The molecule has 182 valence electrons. The Bertz CT molecular complexity index is 1170. The van der Waals surface area contributed by atoms with Crippen molar-refractivity contribution in [2.45, 2.75) is 56.5 Å². The molecule has 0 unspecified atom stereocenters. The molecule has 2 amide bonds. The monoisotopic (exact) mass is 472 g/mol. The van der Waals surface area contributed by atoms with Gasteiger partial charge in [0.05, 0.1) is 0 Å². The van der Waals surface area contributed by atoms with Crippen molar-refractivity contribution in [3.8, 4) is 0 Å². The molecule has 0 atom stereocenters. The molecule has 3 heterocycles. The minimum Gasteiger partial charge on any atom is -0.341 e. The van der Waals surface area contributed by atoms with Gasteiger partial charge in [-0.25, -0.2) is 9.78 Å². The van der Waals surface area contributed by atoms with Gasteiger partial charge in [-0.1, -0.05) is 24.3 Å². The van der Waals surface area contributed by atoms with E-state index in [0.29, 0.717) is 11.9 Å². The van der Waals surface area contributed by atoms with Gasteiger partial charge in [-0.2, -0.15) is 10.1 Å². The molecule has 2 fully saturated rings. The van der Waals surface area contributed by atoms with Gasteiger partial charge in [0.2, 0.25) is 5.95 Å². The Morgan fingerprint density at radius 2 is 1.80 bits per heavy atom. The van der Waals surface area contributed by atoms with E-state index in [1.807, 2.05) is 18.0 Å². The van der Waals surface area contributed by atoms with Crippen LogP contribution < -0.4 is 15.5 Å². The third kappa shape index (κ3) is 4.80. The quantitative estimate of drug-likeness (QED) is 0.507. The molecular formula is C26H32N8O. The first-order chi connectivity index (χ1) is 17.1. The van der Waals surface area contributed by atoms with Crippen molar-refractivity contribution in [2.75, 3.05) is 30.4 Å². The average molecular weight is 473 g/mol. The van der Waals surface area contributed by atoms with E-state index in [2.05, 4.69) is 61.0 Å². The van der Waals surface area contributed by atoms with E-state index in [9.17, 15) is 4.79 Å². The Labute approximate surface area is 205 Å². The molecule has 1 aliphatic heterocycles. The SMILES string of the molecule is CN(c1nccc(Nc2cc(C3CC3)[nH]n2)n1)C1CCN(C(=O)NC2Cc3ccccc3C2)CC1. The zero-order valence-corrected chi connectivity index (χ0v) is 20.1. The zero-order chi connectivity index (χ0) is 23.8. The highest BCUT2D eigenvalue weighted by molar-refractivity contribution is 5.75. The molecule has 2 aromatic heterocycles. The summed E-state index contributed by atoms with van der Waals surface area (Å²) in [5.41, 5.74) is 3.89. The van der Waals surface area contributed by atoms with Crippen molar-refractivity contribution >= 4 is 23.6 Å². The number of rotatable bonds is 6. The number of nitrogens with zero attached hydrogens (tertiary/aromatic N) is 5. The summed E-state index contributed by atoms with van der Waals surface area (Å²) < 4.78 is 0. The normalized spacial score (nSPS) is 18.4. The van der Waals surface area contributed by atoms with Crippen LogP contribution in [-0.4, -0.2) is 63.3 Å². The number of nitrogens with one attached hydrogen (secondary N) is 3. The Morgan fingerprint density at radius 3 is 2.51 bits per heavy atom. The molecular weight excluding hydrogens is 440 g/mol. The van der Waals surface area contributed by atoms with Crippen LogP contribution in [0.25, 0.3) is 0 Å². The maximum atomic E-state index is 12.9. The maximum Gasteiger partial charge on any atom is 0.317 e. The van der Waals surface area contributed by atoms with Crippen LogP contribution in [0.3, 0.4) is 0 Å². The second-order valence-corrected chi connectivity index (χ2v) is 10.0. The molecule has 0 radical (unpaired) electrons. The predicted octanol–water partition coefficient (Wildman–Crippen LogP) is 3.60. The Kier molecular flexibility index (Phi) is 5.75. The maximum absolute atomic E-state index is 12.9. The number of amides is 2. The van der Waals surface area contributed by atoms with E-state index in [1.165, 1.54) is 29.7 Å². The molecule has 3 aromatic rings. The highest BCUT2D eigenvalue weighted by Gasteiger charge is 2.29. The van der Waals surface area contributed by atoms with Crippen LogP contribution in [0, 0.1) is 0 Å². The van der Waals surface area contributed by atoms with Gasteiger partial charge in [-0.05, 0) is 55.7 Å². The number of urea groups is 1. The van der Waals surface area contributed by atoms with E-state index in [-0.39, 0.29) is 18.1 Å². The molecule has 6 rings (SSSR count). The molecule has 9 heteroatoms. The first kappa shape index (κ1) is 21.9. The Morgan fingerprint density at radius 1 is 1.06 bits per heavy atom. The number of aromatic amines is 1. The molecule has 9 nitrogen and oxygen atoms in total. The fourth-order valence-electron chi connectivity index (χ4n) is 5.27. The zero-order valence-electron chi connectivity index (χ0n) is 20.1. The average Bonchev–Trinajstić information content (AvgIpc) is 3.49. The highest BCUT2D eigenvalue weighted by atomic mass is 16.2. The number of piperidine rings is 1. The van der Waals surface area contributed by atoms with Crippen LogP contribution in [0.1, 0.15) is 48.4 Å². The number of likely N-dealkylation sites (tertiary alicyclic amines) is 1. The van der Waals surface area contributed by atoms with E-state index in [0.717, 1.165) is 50.4 Å². The van der Waals surface area contributed by atoms with E-state index in [4.69, 9.17) is 4.98 Å². The molecule has 0 spiro atoms. The number of anilines is 3. The van der Waals surface area contributed by atoms with Crippen LogP contribution >= 0.6 is 0 Å². The second-order valence-electron chi connectivity index (χ2n) is 10.0. The summed E-state index contributed by atoms with van der Waals surface area (Å²) in [6.45, 7) is 1.46. The van der Waals surface area contributed by atoms with Crippen molar-refractivity contribution in [3.05, 3.63) is 59.4 Å². The highest BCUT2D eigenvalue weighted by Crippen LogP contribution is 2.39. The Hall–Kier alpha value is -3.62. The van der Waals surface area contributed by atoms with E-state index in [1.54, 1.807) is 6.20 Å². The summed E-state index contributed by atoms with van der Waals surface area (Å²) in [4.78, 5) is 26.2. The largest absolute Gasteiger partial charge is 0.341 e. The van der Waals surface area contributed by atoms with Gasteiger partial charge in [0.25, 0.3) is 0 Å². The minimum atomic E-state index is 0.0518. The van der Waals surface area contributed by atoms with Crippen molar-refractivity contribution in [1.82, 2.24) is 30.4 Å². The number of fused-ring (bicyclic) bond motifs is 1. The van der Waals surface area contributed by atoms with Crippen LogP contribution in [0.15, 0.2) is 42.6 Å². The van der Waals surface area contributed by atoms with Gasteiger partial charge in [-0.15, -0.1) is 0 Å². The van der Waals surface area contributed by atoms with Gasteiger partial charge in [0, 0.05) is 56.1 Å². The lowest BCUT2D eigenvalue weighted by Gasteiger charge is -2.37. The molecule has 0 bridgehead atoms. The minimum absolute atomic E-state index is 0.0518. The summed E-state index contributed by atoms with van der Waals surface area (Å²) >= 11 is 0. The summed E-state index contributed by atoms with van der Waals surface area (Å²) in [5, 5.41) is 14.0. The van der Waals surface area contributed by atoms with Gasteiger partial charge in [0.1, 0.15) is 5.82 Å². The smallest absolute Gasteiger partial charge is 0.317 e. The number of aromatic nitrogens is 4. The van der Waals surface area contributed by atoms with Crippen molar-refractivity contribution in [3.63, 3.8) is 0 Å². The molecule has 3 aliphatic rings. The van der Waals surface area contributed by atoms with Crippen molar-refractivity contribution in [1.29, 1.82) is 0 Å². The number of carbonyl (C=O) groups excluding carboxylic acids is 1. The summed E-state index contributed by atoms with van der Waals surface area (Å²) in [6.07, 6.45) is 7.86. The summed E-state index contributed by atoms with van der Waals surface area (Å²) in [6, 6.07) is 12.9. The van der Waals surface area contributed by atoms with Gasteiger partial charge < -0.3 is 20.4 Å². The van der Waals surface area contributed by atoms with Crippen LogP contribution in [0.4, 0.5) is 22.4 Å². The molecule has 1 saturated carbocycles. The summed E-state index contributed by atoms with van der Waals surface area (Å²) in [7, 11) is 2.04. The standard InChI is InChI=1S/C26H32N8O/c1-33(25-27-11-8-23(30-25)29-24-16-22(31-32-24)17-6-7-17)21-9-12-34(13-10-21)26(35)28-20-14-18-4-2-3-5-19(18)15-20/h2-5,8,11,16-17,20-21H,6-7,9-10,12-15H2,1H3,(H,28,35)(H2,27,29,30,31,32). The lowest BCUT2D eigenvalue weighted by atomic mass is 10.0. The fraction of sp³-hybridized carbons (Fsp3) is 0.462. The molecule has 3 N–H and O–H groups in total.